The maximum atomic E-state index is 13.0. The molecule has 0 radical (unpaired) electrons. The van der Waals surface area contributed by atoms with E-state index in [1.807, 2.05) is 19.0 Å². The summed E-state index contributed by atoms with van der Waals surface area (Å²) in [6.07, 6.45) is 3.92. The number of aliphatic hydroxyl groups excluding tert-OH is 1. The average Bonchev–Trinajstić information content (AvgIpc) is 3.03. The fourth-order valence-electron chi connectivity index (χ4n) is 3.69. The second-order valence-electron chi connectivity index (χ2n) is 7.51. The molecular weight excluding hydrogens is 398 g/mol. The summed E-state index contributed by atoms with van der Waals surface area (Å²) in [6, 6.07) is 7.66. The van der Waals surface area contributed by atoms with Crippen molar-refractivity contribution >= 4 is 17.4 Å². The van der Waals surface area contributed by atoms with Gasteiger partial charge in [-0.05, 0) is 56.9 Å². The standard InChI is InChI=1S/C23H27N3O5/c1-25(2)11-6-12-26-20(16-7-5-10-24-14-16)19(22(28)23(26)29)21(27)15-8-9-17(30-3)18(13-15)31-4/h5,7-10,13-14,20,27H,6,11-12H2,1-4H3/b21-19-. The van der Waals surface area contributed by atoms with Gasteiger partial charge in [0.05, 0.1) is 25.8 Å². The molecule has 1 N–H and O–H groups in total. The minimum absolute atomic E-state index is 0.0371. The maximum Gasteiger partial charge on any atom is 0.295 e. The van der Waals surface area contributed by atoms with Gasteiger partial charge in [0.2, 0.25) is 0 Å². The summed E-state index contributed by atoms with van der Waals surface area (Å²) in [5, 5.41) is 11.1. The molecule has 1 unspecified atom stereocenters. The summed E-state index contributed by atoms with van der Waals surface area (Å²) in [5.41, 5.74) is 1.06. The van der Waals surface area contributed by atoms with Crippen molar-refractivity contribution in [2.24, 2.45) is 0 Å². The van der Waals surface area contributed by atoms with Crippen molar-refractivity contribution in [3.63, 3.8) is 0 Å². The van der Waals surface area contributed by atoms with Crippen molar-refractivity contribution in [2.75, 3.05) is 41.4 Å². The Morgan fingerprint density at radius 2 is 1.90 bits per heavy atom. The van der Waals surface area contributed by atoms with Gasteiger partial charge in [-0.2, -0.15) is 0 Å². The van der Waals surface area contributed by atoms with E-state index in [0.717, 1.165) is 6.54 Å². The summed E-state index contributed by atoms with van der Waals surface area (Å²) >= 11 is 0. The van der Waals surface area contributed by atoms with Crippen molar-refractivity contribution in [2.45, 2.75) is 12.5 Å². The number of carbonyl (C=O) groups excluding carboxylic acids is 2. The Labute approximate surface area is 181 Å². The summed E-state index contributed by atoms with van der Waals surface area (Å²) in [7, 11) is 6.90. The number of Topliss-reactive ketones (excluding diaryl/α,β-unsaturated/α-hetero) is 1. The van der Waals surface area contributed by atoms with Crippen molar-refractivity contribution in [3.05, 3.63) is 59.4 Å². The summed E-state index contributed by atoms with van der Waals surface area (Å²) < 4.78 is 10.6. The Morgan fingerprint density at radius 3 is 2.52 bits per heavy atom. The van der Waals surface area contributed by atoms with Crippen molar-refractivity contribution in [1.82, 2.24) is 14.8 Å². The normalized spacial score (nSPS) is 18.0. The number of ketones is 1. The predicted octanol–water partition coefficient (Wildman–Crippen LogP) is 2.47. The Balaban J connectivity index is 2.09. The number of hydrogen-bond donors (Lipinski definition) is 1. The average molecular weight is 425 g/mol. The van der Waals surface area contributed by atoms with Gasteiger partial charge < -0.3 is 24.4 Å². The number of likely N-dealkylation sites (tertiary alicyclic amines) is 1. The fraction of sp³-hybridized carbons (Fsp3) is 0.348. The van der Waals surface area contributed by atoms with Crippen molar-refractivity contribution in [1.29, 1.82) is 0 Å². The van der Waals surface area contributed by atoms with Crippen LogP contribution in [-0.4, -0.2) is 73.0 Å². The number of aliphatic hydroxyl groups is 1. The molecule has 8 nitrogen and oxygen atoms in total. The Bertz CT molecular complexity index is 988. The highest BCUT2D eigenvalue weighted by atomic mass is 16.5. The smallest absolute Gasteiger partial charge is 0.295 e. The van der Waals surface area contributed by atoms with E-state index in [1.54, 1.807) is 42.7 Å². The third-order valence-corrected chi connectivity index (χ3v) is 5.20. The van der Waals surface area contributed by atoms with Gasteiger partial charge >= 0.3 is 0 Å². The summed E-state index contributed by atoms with van der Waals surface area (Å²) in [6.45, 7) is 1.14. The van der Waals surface area contributed by atoms with Crippen LogP contribution in [0.4, 0.5) is 0 Å². The van der Waals surface area contributed by atoms with E-state index in [4.69, 9.17) is 9.47 Å². The molecule has 3 rings (SSSR count). The lowest BCUT2D eigenvalue weighted by Crippen LogP contribution is -2.32. The highest BCUT2D eigenvalue weighted by Gasteiger charge is 2.45. The minimum Gasteiger partial charge on any atom is -0.507 e. The van der Waals surface area contributed by atoms with Gasteiger partial charge in [0.25, 0.3) is 11.7 Å². The molecule has 1 aliphatic rings. The van der Waals surface area contributed by atoms with Gasteiger partial charge in [0, 0.05) is 24.5 Å². The van der Waals surface area contributed by atoms with E-state index in [0.29, 0.717) is 35.6 Å². The van der Waals surface area contributed by atoms with Crippen LogP contribution in [0, 0.1) is 0 Å². The molecule has 8 heteroatoms. The zero-order valence-electron chi connectivity index (χ0n) is 18.2. The number of rotatable bonds is 8. The van der Waals surface area contributed by atoms with Gasteiger partial charge in [-0.15, -0.1) is 0 Å². The molecule has 0 saturated carbocycles. The van der Waals surface area contributed by atoms with Crippen LogP contribution in [0.3, 0.4) is 0 Å². The third kappa shape index (κ3) is 4.54. The zero-order chi connectivity index (χ0) is 22.5. The van der Waals surface area contributed by atoms with Crippen LogP contribution in [-0.2, 0) is 9.59 Å². The van der Waals surface area contributed by atoms with Crippen molar-refractivity contribution in [3.8, 4) is 11.5 Å². The van der Waals surface area contributed by atoms with Crippen LogP contribution in [0.15, 0.2) is 48.3 Å². The molecule has 0 spiro atoms. The topological polar surface area (TPSA) is 92.2 Å². The highest BCUT2D eigenvalue weighted by molar-refractivity contribution is 6.46. The number of hydrogen-bond acceptors (Lipinski definition) is 7. The molecule has 1 aromatic heterocycles. The molecule has 1 aromatic carbocycles. The van der Waals surface area contributed by atoms with Crippen LogP contribution in [0.5, 0.6) is 11.5 Å². The van der Waals surface area contributed by atoms with Crippen LogP contribution in [0.25, 0.3) is 5.76 Å². The summed E-state index contributed by atoms with van der Waals surface area (Å²) in [4.78, 5) is 33.5. The zero-order valence-corrected chi connectivity index (χ0v) is 18.2. The molecule has 0 bridgehead atoms. The van der Waals surface area contributed by atoms with E-state index in [9.17, 15) is 14.7 Å². The number of aromatic nitrogens is 1. The van der Waals surface area contributed by atoms with Gasteiger partial charge in [0.1, 0.15) is 5.76 Å². The predicted molar refractivity (Wildman–Crippen MR) is 116 cm³/mol. The number of carbonyl (C=O) groups is 2. The SMILES string of the molecule is COc1ccc(/C(O)=C2/C(=O)C(=O)N(CCCN(C)C)C2c2cccnc2)cc1OC. The first-order valence-corrected chi connectivity index (χ1v) is 9.94. The molecule has 1 fully saturated rings. The van der Waals surface area contributed by atoms with E-state index in [1.165, 1.54) is 19.1 Å². The van der Waals surface area contributed by atoms with E-state index in [2.05, 4.69) is 4.98 Å². The van der Waals surface area contributed by atoms with Gasteiger partial charge in [-0.1, -0.05) is 6.07 Å². The summed E-state index contributed by atoms with van der Waals surface area (Å²) in [5.74, 6) is -0.708. The molecule has 2 aromatic rings. The van der Waals surface area contributed by atoms with Crippen LogP contribution in [0.1, 0.15) is 23.6 Å². The first-order chi connectivity index (χ1) is 14.9. The lowest BCUT2D eigenvalue weighted by Gasteiger charge is -2.25. The molecule has 1 atom stereocenters. The largest absolute Gasteiger partial charge is 0.507 e. The number of methoxy groups -OCH3 is 2. The third-order valence-electron chi connectivity index (χ3n) is 5.20. The molecular formula is C23H27N3O5. The lowest BCUT2D eigenvalue weighted by molar-refractivity contribution is -0.139. The Kier molecular flexibility index (Phi) is 6.91. The quantitative estimate of drug-likeness (QED) is 0.395. The van der Waals surface area contributed by atoms with Gasteiger partial charge in [-0.3, -0.25) is 14.6 Å². The van der Waals surface area contributed by atoms with E-state index >= 15 is 0 Å². The molecule has 164 valence electrons. The van der Waals surface area contributed by atoms with Crippen molar-refractivity contribution < 1.29 is 24.2 Å². The first-order valence-electron chi connectivity index (χ1n) is 9.94. The maximum absolute atomic E-state index is 13.0. The van der Waals surface area contributed by atoms with E-state index < -0.39 is 17.7 Å². The molecule has 0 aliphatic carbocycles. The first kappa shape index (κ1) is 22.3. The molecule has 2 heterocycles. The monoisotopic (exact) mass is 425 g/mol. The number of nitrogens with zero attached hydrogens (tertiary/aromatic N) is 3. The number of pyridine rings is 1. The molecule has 1 aliphatic heterocycles. The molecule has 1 amide bonds. The Hall–Kier alpha value is -3.39. The van der Waals surface area contributed by atoms with Crippen LogP contribution in [0.2, 0.25) is 0 Å². The van der Waals surface area contributed by atoms with Crippen LogP contribution >= 0.6 is 0 Å². The Morgan fingerprint density at radius 1 is 1.16 bits per heavy atom. The fourth-order valence-corrected chi connectivity index (χ4v) is 3.69. The minimum atomic E-state index is -0.719. The van der Waals surface area contributed by atoms with E-state index in [-0.39, 0.29) is 11.3 Å². The van der Waals surface area contributed by atoms with Gasteiger partial charge in [0.15, 0.2) is 11.5 Å². The second kappa shape index (κ2) is 9.61. The van der Waals surface area contributed by atoms with Crippen LogP contribution < -0.4 is 9.47 Å². The highest BCUT2D eigenvalue weighted by Crippen LogP contribution is 2.40. The number of amides is 1. The molecule has 1 saturated heterocycles. The second-order valence-corrected chi connectivity index (χ2v) is 7.51. The van der Waals surface area contributed by atoms with Gasteiger partial charge in [-0.25, -0.2) is 0 Å². The molecule has 31 heavy (non-hydrogen) atoms. The number of benzene rings is 1. The number of ether oxygens (including phenoxy) is 2. The lowest BCUT2D eigenvalue weighted by atomic mass is 9.96.